The van der Waals surface area contributed by atoms with E-state index in [1.165, 1.54) is 13.8 Å². The van der Waals surface area contributed by atoms with Crippen molar-refractivity contribution in [3.63, 3.8) is 0 Å². The second-order valence-electron chi connectivity index (χ2n) is 4.14. The van der Waals surface area contributed by atoms with Gasteiger partial charge in [0, 0.05) is 7.05 Å². The zero-order valence-electron chi connectivity index (χ0n) is 10.0. The van der Waals surface area contributed by atoms with E-state index in [9.17, 15) is 27.2 Å². The summed E-state index contributed by atoms with van der Waals surface area (Å²) in [5.74, 6) is -5.72. The maximum atomic E-state index is 12.5. The molecule has 0 aliphatic rings. The molecular formula is C9H14F4N2O3. The minimum atomic E-state index is -4.36. The Hall–Kier alpha value is -1.54. The first-order chi connectivity index (χ1) is 7.93. The molecule has 0 aromatic rings. The fourth-order valence-corrected chi connectivity index (χ4v) is 0.787. The summed E-state index contributed by atoms with van der Waals surface area (Å²) in [6.07, 6.45) is -3.91. The standard InChI is InChI=1S/C9H14F4N2O3/c1-8(2,6(16)17)15(3)7(18)14-4-9(12,13)5(10)11/h5H,4H2,1-3H3,(H,14,18)(H,16,17). The number of hydrogen-bond donors (Lipinski definition) is 2. The monoisotopic (exact) mass is 274 g/mol. The molecule has 18 heavy (non-hydrogen) atoms. The largest absolute Gasteiger partial charge is 0.480 e. The lowest BCUT2D eigenvalue weighted by Crippen LogP contribution is -2.55. The fraction of sp³-hybridized carbons (Fsp3) is 0.778. The number of likely N-dealkylation sites (N-methyl/N-ethyl adjacent to an activating group) is 1. The van der Waals surface area contributed by atoms with E-state index in [4.69, 9.17) is 5.11 Å². The van der Waals surface area contributed by atoms with Gasteiger partial charge in [0.15, 0.2) is 0 Å². The van der Waals surface area contributed by atoms with Gasteiger partial charge in [-0.2, -0.15) is 8.78 Å². The molecule has 0 bridgehead atoms. The van der Waals surface area contributed by atoms with Crippen LogP contribution in [-0.4, -0.2) is 53.5 Å². The van der Waals surface area contributed by atoms with Crippen LogP contribution in [0.3, 0.4) is 0 Å². The highest BCUT2D eigenvalue weighted by molar-refractivity contribution is 5.85. The summed E-state index contributed by atoms with van der Waals surface area (Å²) in [5, 5.41) is 10.3. The maximum absolute atomic E-state index is 12.5. The van der Waals surface area contributed by atoms with Crippen molar-refractivity contribution < 1.29 is 32.3 Å². The Bertz CT molecular complexity index is 334. The summed E-state index contributed by atoms with van der Waals surface area (Å²) in [7, 11) is 1.06. The van der Waals surface area contributed by atoms with Crippen molar-refractivity contribution in [3.05, 3.63) is 0 Å². The molecule has 0 spiro atoms. The molecule has 2 N–H and O–H groups in total. The first-order valence-electron chi connectivity index (χ1n) is 4.84. The molecular weight excluding hydrogens is 260 g/mol. The quantitative estimate of drug-likeness (QED) is 0.744. The second-order valence-corrected chi connectivity index (χ2v) is 4.14. The van der Waals surface area contributed by atoms with Gasteiger partial charge in [-0.25, -0.2) is 18.4 Å². The molecule has 0 aliphatic heterocycles. The zero-order chi connectivity index (χ0) is 14.7. The molecule has 0 fully saturated rings. The van der Waals surface area contributed by atoms with Crippen LogP contribution in [0.2, 0.25) is 0 Å². The van der Waals surface area contributed by atoms with Crippen LogP contribution in [-0.2, 0) is 4.79 Å². The van der Waals surface area contributed by atoms with E-state index < -0.39 is 36.4 Å². The molecule has 0 radical (unpaired) electrons. The number of aliphatic carboxylic acids is 1. The van der Waals surface area contributed by atoms with E-state index in [0.717, 1.165) is 7.05 Å². The predicted octanol–water partition coefficient (Wildman–Crippen LogP) is 1.39. The lowest BCUT2D eigenvalue weighted by Gasteiger charge is -2.32. The number of rotatable bonds is 5. The maximum Gasteiger partial charge on any atom is 0.329 e. The minimum Gasteiger partial charge on any atom is -0.480 e. The van der Waals surface area contributed by atoms with Crippen molar-refractivity contribution in [2.75, 3.05) is 13.6 Å². The van der Waals surface area contributed by atoms with Gasteiger partial charge in [0.25, 0.3) is 0 Å². The lowest BCUT2D eigenvalue weighted by atomic mass is 10.1. The minimum absolute atomic E-state index is 0.636. The molecule has 0 saturated carbocycles. The summed E-state index contributed by atoms with van der Waals surface area (Å²) >= 11 is 0. The Kier molecular flexibility index (Phi) is 4.94. The molecule has 2 amide bonds. The number of carbonyl (C=O) groups excluding carboxylic acids is 1. The van der Waals surface area contributed by atoms with E-state index in [1.807, 2.05) is 0 Å². The normalized spacial score (nSPS) is 12.4. The van der Waals surface area contributed by atoms with Crippen molar-refractivity contribution in [1.29, 1.82) is 0 Å². The first kappa shape index (κ1) is 16.5. The highest BCUT2D eigenvalue weighted by atomic mass is 19.3. The molecule has 106 valence electrons. The smallest absolute Gasteiger partial charge is 0.329 e. The van der Waals surface area contributed by atoms with Gasteiger partial charge in [-0.1, -0.05) is 0 Å². The topological polar surface area (TPSA) is 69.6 Å². The lowest BCUT2D eigenvalue weighted by molar-refractivity contribution is -0.147. The molecule has 5 nitrogen and oxygen atoms in total. The van der Waals surface area contributed by atoms with Gasteiger partial charge in [-0.05, 0) is 13.8 Å². The summed E-state index contributed by atoms with van der Waals surface area (Å²) in [6.45, 7) is 0.768. The van der Waals surface area contributed by atoms with Crippen LogP contribution in [0.1, 0.15) is 13.8 Å². The number of urea groups is 1. The number of nitrogens with one attached hydrogen (secondary N) is 1. The average molecular weight is 274 g/mol. The molecule has 9 heteroatoms. The van der Waals surface area contributed by atoms with Gasteiger partial charge in [0.05, 0.1) is 6.54 Å². The Morgan fingerprint density at radius 3 is 2.11 bits per heavy atom. The van der Waals surface area contributed by atoms with Gasteiger partial charge >= 0.3 is 24.3 Å². The molecule has 0 aromatic heterocycles. The van der Waals surface area contributed by atoms with Crippen molar-refractivity contribution in [2.24, 2.45) is 0 Å². The van der Waals surface area contributed by atoms with E-state index in [-0.39, 0.29) is 0 Å². The second kappa shape index (κ2) is 5.40. The highest BCUT2D eigenvalue weighted by Gasteiger charge is 2.42. The summed E-state index contributed by atoms with van der Waals surface area (Å²) in [5.41, 5.74) is -1.65. The number of nitrogens with zero attached hydrogens (tertiary/aromatic N) is 1. The molecule has 0 heterocycles. The summed E-state index contributed by atoms with van der Waals surface area (Å²) < 4.78 is 48.7. The third-order valence-electron chi connectivity index (χ3n) is 2.46. The van der Waals surface area contributed by atoms with Crippen molar-refractivity contribution in [3.8, 4) is 0 Å². The fourth-order valence-electron chi connectivity index (χ4n) is 0.787. The van der Waals surface area contributed by atoms with Crippen molar-refractivity contribution in [1.82, 2.24) is 10.2 Å². The zero-order valence-corrected chi connectivity index (χ0v) is 10.0. The number of carboxylic acids is 1. The van der Waals surface area contributed by atoms with Gasteiger partial charge in [-0.15, -0.1) is 0 Å². The predicted molar refractivity (Wildman–Crippen MR) is 53.8 cm³/mol. The molecule has 0 unspecified atom stereocenters. The number of amides is 2. The van der Waals surface area contributed by atoms with E-state index in [1.54, 1.807) is 5.32 Å². The third kappa shape index (κ3) is 3.74. The van der Waals surface area contributed by atoms with Gasteiger partial charge in [0.2, 0.25) is 0 Å². The average Bonchev–Trinajstić information content (AvgIpc) is 2.24. The number of halogens is 4. The van der Waals surface area contributed by atoms with Crippen molar-refractivity contribution in [2.45, 2.75) is 31.7 Å². The number of carbonyl (C=O) groups is 2. The van der Waals surface area contributed by atoms with Crippen LogP contribution < -0.4 is 5.32 Å². The van der Waals surface area contributed by atoms with E-state index >= 15 is 0 Å². The van der Waals surface area contributed by atoms with Crippen LogP contribution >= 0.6 is 0 Å². The van der Waals surface area contributed by atoms with E-state index in [0.29, 0.717) is 4.90 Å². The van der Waals surface area contributed by atoms with Crippen LogP contribution in [0, 0.1) is 0 Å². The summed E-state index contributed by atoms with van der Waals surface area (Å²) in [6, 6.07) is -1.18. The third-order valence-corrected chi connectivity index (χ3v) is 2.46. The Morgan fingerprint density at radius 1 is 1.33 bits per heavy atom. The van der Waals surface area contributed by atoms with Gasteiger partial charge in [0.1, 0.15) is 5.54 Å². The number of hydrogen-bond acceptors (Lipinski definition) is 2. The first-order valence-corrected chi connectivity index (χ1v) is 4.84. The molecule has 0 saturated heterocycles. The van der Waals surface area contributed by atoms with Crippen molar-refractivity contribution >= 4 is 12.0 Å². The van der Waals surface area contributed by atoms with E-state index in [2.05, 4.69) is 0 Å². The van der Waals surface area contributed by atoms with Gasteiger partial charge in [-0.3, -0.25) is 0 Å². The highest BCUT2D eigenvalue weighted by Crippen LogP contribution is 2.21. The Balaban J connectivity index is 4.57. The Morgan fingerprint density at radius 2 is 1.78 bits per heavy atom. The molecule has 0 atom stereocenters. The molecule has 0 aliphatic carbocycles. The molecule has 0 aromatic carbocycles. The van der Waals surface area contributed by atoms with Gasteiger partial charge < -0.3 is 15.3 Å². The molecule has 0 rings (SSSR count). The SMILES string of the molecule is CN(C(=O)NCC(F)(F)C(F)F)C(C)(C)C(=O)O. The Labute approximate surface area is 101 Å². The number of alkyl halides is 4. The number of carboxylic acid groups (broad SMARTS) is 1. The van der Waals surface area contributed by atoms with Crippen LogP contribution in [0.25, 0.3) is 0 Å². The summed E-state index contributed by atoms with van der Waals surface area (Å²) in [4.78, 5) is 22.8. The van der Waals surface area contributed by atoms with Crippen LogP contribution in [0.4, 0.5) is 22.4 Å². The van der Waals surface area contributed by atoms with Crippen LogP contribution in [0.5, 0.6) is 0 Å². The van der Waals surface area contributed by atoms with Crippen LogP contribution in [0.15, 0.2) is 0 Å².